The van der Waals surface area contributed by atoms with E-state index in [0.29, 0.717) is 0 Å². The number of rotatable bonds is 3. The van der Waals surface area contributed by atoms with Crippen molar-refractivity contribution in [3.05, 3.63) is 35.8 Å². The number of fused-ring (bicyclic) bond motifs is 1. The summed E-state index contributed by atoms with van der Waals surface area (Å²) in [6.45, 7) is 3.02. The van der Waals surface area contributed by atoms with Crippen molar-refractivity contribution in [2.24, 2.45) is 0 Å². The molecule has 0 unspecified atom stereocenters. The fraction of sp³-hybridized carbons (Fsp3) is 0.364. The Balaban J connectivity index is 2.31. The molecule has 74 valence electrons. The van der Waals surface area contributed by atoms with Crippen LogP contribution in [-0.4, -0.2) is 23.0 Å². The number of aryl methyl sites for hydroxylation is 1. The van der Waals surface area contributed by atoms with E-state index in [4.69, 9.17) is 0 Å². The summed E-state index contributed by atoms with van der Waals surface area (Å²) in [7, 11) is 1.97. The Hall–Kier alpha value is -1.35. The predicted molar refractivity (Wildman–Crippen MR) is 57.6 cm³/mol. The molecular formula is C11H15N3. The lowest BCUT2D eigenvalue weighted by molar-refractivity contribution is 0.791. The highest BCUT2D eigenvalue weighted by molar-refractivity contribution is 5.42. The van der Waals surface area contributed by atoms with Gasteiger partial charge in [0.2, 0.25) is 0 Å². The van der Waals surface area contributed by atoms with Crippen LogP contribution in [0.15, 0.2) is 24.5 Å². The second kappa shape index (κ2) is 3.80. The van der Waals surface area contributed by atoms with Crippen LogP contribution in [0.25, 0.3) is 5.65 Å². The van der Waals surface area contributed by atoms with E-state index in [1.807, 2.05) is 20.2 Å². The van der Waals surface area contributed by atoms with Crippen LogP contribution < -0.4 is 5.32 Å². The summed E-state index contributed by atoms with van der Waals surface area (Å²) < 4.78 is 2.05. The molecule has 1 N–H and O–H groups in total. The third-order valence-corrected chi connectivity index (χ3v) is 2.31. The van der Waals surface area contributed by atoms with E-state index in [-0.39, 0.29) is 0 Å². The Labute approximate surface area is 83.8 Å². The molecule has 0 aliphatic rings. The molecule has 14 heavy (non-hydrogen) atoms. The first kappa shape index (κ1) is 9.21. The third kappa shape index (κ3) is 1.77. The second-order valence-corrected chi connectivity index (χ2v) is 3.54. The maximum Gasteiger partial charge on any atom is 0.137 e. The van der Waals surface area contributed by atoms with Gasteiger partial charge in [-0.1, -0.05) is 0 Å². The van der Waals surface area contributed by atoms with Crippen molar-refractivity contribution in [3.63, 3.8) is 0 Å². The molecule has 0 aromatic carbocycles. The monoisotopic (exact) mass is 189 g/mol. The fourth-order valence-electron chi connectivity index (χ4n) is 1.58. The van der Waals surface area contributed by atoms with E-state index in [1.54, 1.807) is 0 Å². The van der Waals surface area contributed by atoms with Crippen LogP contribution in [0.2, 0.25) is 0 Å². The average Bonchev–Trinajstić information content (AvgIpc) is 2.54. The van der Waals surface area contributed by atoms with E-state index in [0.717, 1.165) is 24.3 Å². The molecule has 2 aromatic heterocycles. The van der Waals surface area contributed by atoms with Gasteiger partial charge < -0.3 is 9.72 Å². The lowest BCUT2D eigenvalue weighted by Gasteiger charge is -2.00. The topological polar surface area (TPSA) is 29.3 Å². The van der Waals surface area contributed by atoms with Gasteiger partial charge in [-0.05, 0) is 44.6 Å². The van der Waals surface area contributed by atoms with Gasteiger partial charge in [-0.3, -0.25) is 0 Å². The molecule has 0 atom stereocenters. The van der Waals surface area contributed by atoms with E-state index in [9.17, 15) is 0 Å². The van der Waals surface area contributed by atoms with Crippen molar-refractivity contribution in [1.82, 2.24) is 14.7 Å². The second-order valence-electron chi connectivity index (χ2n) is 3.54. The molecule has 0 saturated heterocycles. The molecule has 2 rings (SSSR count). The highest BCUT2D eigenvalue weighted by atomic mass is 15.0. The SMILES string of the molecule is CNCCc1ccn2cc(C)nc2c1. The van der Waals surface area contributed by atoms with E-state index in [1.165, 1.54) is 5.56 Å². The summed E-state index contributed by atoms with van der Waals surface area (Å²) in [5.41, 5.74) is 3.43. The van der Waals surface area contributed by atoms with E-state index >= 15 is 0 Å². The van der Waals surface area contributed by atoms with Crippen LogP contribution in [0.1, 0.15) is 11.3 Å². The minimum Gasteiger partial charge on any atom is -0.319 e. The van der Waals surface area contributed by atoms with Crippen molar-refractivity contribution in [2.75, 3.05) is 13.6 Å². The van der Waals surface area contributed by atoms with Crippen LogP contribution in [0, 0.1) is 6.92 Å². The Bertz CT molecular complexity index is 431. The highest BCUT2D eigenvalue weighted by Gasteiger charge is 1.98. The first-order valence-electron chi connectivity index (χ1n) is 4.88. The summed E-state index contributed by atoms with van der Waals surface area (Å²) in [5.74, 6) is 0. The number of hydrogen-bond donors (Lipinski definition) is 1. The summed E-state index contributed by atoms with van der Waals surface area (Å²) in [6.07, 6.45) is 5.16. The maximum absolute atomic E-state index is 4.42. The summed E-state index contributed by atoms with van der Waals surface area (Å²) in [6, 6.07) is 4.29. The van der Waals surface area contributed by atoms with Crippen LogP contribution >= 0.6 is 0 Å². The molecule has 0 bridgehead atoms. The first-order chi connectivity index (χ1) is 6.79. The molecular weight excluding hydrogens is 174 g/mol. The smallest absolute Gasteiger partial charge is 0.137 e. The van der Waals surface area contributed by atoms with Crippen molar-refractivity contribution >= 4 is 5.65 Å². The van der Waals surface area contributed by atoms with Crippen LogP contribution in [0.3, 0.4) is 0 Å². The number of likely N-dealkylation sites (N-methyl/N-ethyl adjacent to an activating group) is 1. The number of hydrogen-bond acceptors (Lipinski definition) is 2. The van der Waals surface area contributed by atoms with Gasteiger partial charge in [0.15, 0.2) is 0 Å². The molecule has 0 aliphatic carbocycles. The normalized spacial score (nSPS) is 11.0. The minimum absolute atomic E-state index is 1.01. The largest absolute Gasteiger partial charge is 0.319 e. The summed E-state index contributed by atoms with van der Waals surface area (Å²) >= 11 is 0. The molecule has 3 heteroatoms. The van der Waals surface area contributed by atoms with Gasteiger partial charge >= 0.3 is 0 Å². The Kier molecular flexibility index (Phi) is 2.50. The lowest BCUT2D eigenvalue weighted by Crippen LogP contribution is -2.10. The highest BCUT2D eigenvalue weighted by Crippen LogP contribution is 2.07. The number of pyridine rings is 1. The minimum atomic E-state index is 1.01. The number of aromatic nitrogens is 2. The molecule has 2 aromatic rings. The quantitative estimate of drug-likeness (QED) is 0.791. The van der Waals surface area contributed by atoms with Crippen LogP contribution in [0.4, 0.5) is 0 Å². The van der Waals surface area contributed by atoms with Gasteiger partial charge in [0.1, 0.15) is 5.65 Å². The fourth-order valence-corrected chi connectivity index (χ4v) is 1.58. The molecule has 0 aliphatic heterocycles. The lowest BCUT2D eigenvalue weighted by atomic mass is 10.2. The zero-order chi connectivity index (χ0) is 9.97. The standard InChI is InChI=1S/C11H15N3/c1-9-8-14-6-4-10(3-5-12-2)7-11(14)13-9/h4,6-8,12H,3,5H2,1-2H3. The van der Waals surface area contributed by atoms with Crippen LogP contribution in [0.5, 0.6) is 0 Å². The van der Waals surface area contributed by atoms with Crippen molar-refractivity contribution < 1.29 is 0 Å². The van der Waals surface area contributed by atoms with Gasteiger partial charge in [0.25, 0.3) is 0 Å². The molecule has 0 radical (unpaired) electrons. The molecule has 2 heterocycles. The third-order valence-electron chi connectivity index (χ3n) is 2.31. The summed E-state index contributed by atoms with van der Waals surface area (Å²) in [4.78, 5) is 4.42. The van der Waals surface area contributed by atoms with E-state index in [2.05, 4.69) is 33.0 Å². The molecule has 0 spiro atoms. The molecule has 0 amide bonds. The number of imidazole rings is 1. The zero-order valence-electron chi connectivity index (χ0n) is 8.62. The van der Waals surface area contributed by atoms with Gasteiger partial charge in [0, 0.05) is 12.4 Å². The Morgan fingerprint density at radius 3 is 3.14 bits per heavy atom. The predicted octanol–water partition coefficient (Wildman–Crippen LogP) is 1.40. The van der Waals surface area contributed by atoms with Crippen LogP contribution in [-0.2, 0) is 6.42 Å². The number of nitrogens with one attached hydrogen (secondary N) is 1. The molecule has 0 saturated carbocycles. The average molecular weight is 189 g/mol. The summed E-state index contributed by atoms with van der Waals surface area (Å²) in [5, 5.41) is 3.14. The molecule has 0 fully saturated rings. The van der Waals surface area contributed by atoms with Gasteiger partial charge in [0.05, 0.1) is 5.69 Å². The first-order valence-corrected chi connectivity index (χ1v) is 4.88. The zero-order valence-corrected chi connectivity index (χ0v) is 8.62. The van der Waals surface area contributed by atoms with Crippen molar-refractivity contribution in [2.45, 2.75) is 13.3 Å². The van der Waals surface area contributed by atoms with Crippen molar-refractivity contribution in [1.29, 1.82) is 0 Å². The Morgan fingerprint density at radius 2 is 2.36 bits per heavy atom. The van der Waals surface area contributed by atoms with Gasteiger partial charge in [-0.15, -0.1) is 0 Å². The van der Waals surface area contributed by atoms with Gasteiger partial charge in [-0.25, -0.2) is 4.98 Å². The van der Waals surface area contributed by atoms with Crippen molar-refractivity contribution in [3.8, 4) is 0 Å². The maximum atomic E-state index is 4.42. The number of nitrogens with zero attached hydrogens (tertiary/aromatic N) is 2. The molecule has 3 nitrogen and oxygen atoms in total. The van der Waals surface area contributed by atoms with E-state index < -0.39 is 0 Å². The Morgan fingerprint density at radius 1 is 1.50 bits per heavy atom. The van der Waals surface area contributed by atoms with Gasteiger partial charge in [-0.2, -0.15) is 0 Å².